The normalized spacial score (nSPS) is 15.5. The average molecular weight is 435 g/mol. The van der Waals surface area contributed by atoms with Gasteiger partial charge in [-0.15, -0.1) is 0 Å². The van der Waals surface area contributed by atoms with Gasteiger partial charge >= 0.3 is 0 Å². The van der Waals surface area contributed by atoms with Crippen LogP contribution in [0.4, 0.5) is 4.39 Å². The fourth-order valence-corrected chi connectivity index (χ4v) is 3.26. The Labute approximate surface area is 176 Å². The van der Waals surface area contributed by atoms with E-state index in [4.69, 9.17) is 9.47 Å². The number of benzene rings is 1. The van der Waals surface area contributed by atoms with Crippen molar-refractivity contribution in [2.24, 2.45) is 0 Å². The summed E-state index contributed by atoms with van der Waals surface area (Å²) in [5, 5.41) is 23.1. The zero-order chi connectivity index (χ0) is 22.7. The first-order valence-corrected chi connectivity index (χ1v) is 9.33. The molecule has 166 valence electrons. The SMILES string of the molecule is COCCN1C(=O)c2c(O)c(=O)c(C(=O)NCc3ccc(F)c(OC)c3)cn2CC1O. The van der Waals surface area contributed by atoms with Crippen molar-refractivity contribution >= 4 is 11.8 Å². The minimum absolute atomic E-state index is 0.00349. The zero-order valence-electron chi connectivity index (χ0n) is 16.9. The van der Waals surface area contributed by atoms with Crippen LogP contribution in [0, 0.1) is 5.82 Å². The second-order valence-corrected chi connectivity index (χ2v) is 6.85. The highest BCUT2D eigenvalue weighted by Crippen LogP contribution is 2.23. The Morgan fingerprint density at radius 3 is 2.74 bits per heavy atom. The molecule has 11 heteroatoms. The molecular weight excluding hydrogens is 413 g/mol. The summed E-state index contributed by atoms with van der Waals surface area (Å²) in [6.45, 7) is 0.0355. The second-order valence-electron chi connectivity index (χ2n) is 6.85. The van der Waals surface area contributed by atoms with E-state index in [1.807, 2.05) is 0 Å². The molecule has 0 fully saturated rings. The zero-order valence-corrected chi connectivity index (χ0v) is 16.9. The number of hydrogen-bond donors (Lipinski definition) is 3. The van der Waals surface area contributed by atoms with Crippen LogP contribution in [0.5, 0.6) is 11.5 Å². The first-order chi connectivity index (χ1) is 14.8. The molecule has 1 aliphatic rings. The third-order valence-corrected chi connectivity index (χ3v) is 4.89. The number of nitrogens with zero attached hydrogens (tertiary/aromatic N) is 2. The van der Waals surface area contributed by atoms with Crippen molar-refractivity contribution in [2.45, 2.75) is 19.3 Å². The number of fused-ring (bicyclic) bond motifs is 1. The lowest BCUT2D eigenvalue weighted by molar-refractivity contribution is -0.0206. The molecule has 2 aromatic rings. The lowest BCUT2D eigenvalue weighted by Gasteiger charge is -2.34. The van der Waals surface area contributed by atoms with Gasteiger partial charge in [-0.1, -0.05) is 6.07 Å². The highest BCUT2D eigenvalue weighted by Gasteiger charge is 2.35. The molecule has 0 radical (unpaired) electrons. The quantitative estimate of drug-likeness (QED) is 0.560. The number of halogens is 1. The summed E-state index contributed by atoms with van der Waals surface area (Å²) in [4.78, 5) is 38.8. The van der Waals surface area contributed by atoms with Crippen molar-refractivity contribution in [3.63, 3.8) is 0 Å². The summed E-state index contributed by atoms with van der Waals surface area (Å²) in [6, 6.07) is 4.03. The van der Waals surface area contributed by atoms with Crippen molar-refractivity contribution in [1.29, 1.82) is 0 Å². The molecule has 0 aliphatic carbocycles. The Kier molecular flexibility index (Phi) is 6.56. The molecule has 0 bridgehead atoms. The van der Waals surface area contributed by atoms with Gasteiger partial charge in [0.05, 0.1) is 20.3 Å². The van der Waals surface area contributed by atoms with E-state index in [0.29, 0.717) is 5.56 Å². The fraction of sp³-hybridized carbons (Fsp3) is 0.350. The molecular formula is C20H22FN3O7. The second kappa shape index (κ2) is 9.14. The number of methoxy groups -OCH3 is 2. The van der Waals surface area contributed by atoms with Crippen molar-refractivity contribution in [3.8, 4) is 11.5 Å². The van der Waals surface area contributed by atoms with Crippen LogP contribution in [0.15, 0.2) is 29.2 Å². The molecule has 0 saturated heterocycles. The maximum Gasteiger partial charge on any atom is 0.276 e. The molecule has 0 spiro atoms. The topological polar surface area (TPSA) is 130 Å². The number of nitrogens with one attached hydrogen (secondary N) is 1. The van der Waals surface area contributed by atoms with Gasteiger partial charge in [0.15, 0.2) is 23.0 Å². The van der Waals surface area contributed by atoms with Crippen LogP contribution in [-0.2, 0) is 17.8 Å². The van der Waals surface area contributed by atoms with Gasteiger partial charge in [-0.25, -0.2) is 4.39 Å². The average Bonchev–Trinajstić information content (AvgIpc) is 2.75. The smallest absolute Gasteiger partial charge is 0.276 e. The molecule has 1 atom stereocenters. The van der Waals surface area contributed by atoms with E-state index in [0.717, 1.165) is 11.1 Å². The summed E-state index contributed by atoms with van der Waals surface area (Å²) in [5.74, 6) is -2.99. The van der Waals surface area contributed by atoms with Crippen LogP contribution < -0.4 is 15.5 Å². The number of carbonyl (C=O) groups excluding carboxylic acids is 2. The van der Waals surface area contributed by atoms with Crippen LogP contribution >= 0.6 is 0 Å². The van der Waals surface area contributed by atoms with Crippen LogP contribution in [0.25, 0.3) is 0 Å². The molecule has 2 heterocycles. The summed E-state index contributed by atoms with van der Waals surface area (Å²) in [5.41, 5.74) is -1.21. The van der Waals surface area contributed by atoms with E-state index in [9.17, 15) is 29.0 Å². The molecule has 1 aromatic heterocycles. The molecule has 0 saturated carbocycles. The number of amides is 2. The van der Waals surface area contributed by atoms with Gasteiger partial charge in [-0.3, -0.25) is 14.4 Å². The molecule has 3 rings (SSSR count). The molecule has 2 amide bonds. The van der Waals surface area contributed by atoms with Gasteiger partial charge in [0.2, 0.25) is 5.43 Å². The van der Waals surface area contributed by atoms with Crippen LogP contribution in [0.3, 0.4) is 0 Å². The van der Waals surface area contributed by atoms with Crippen molar-refractivity contribution < 1.29 is 33.7 Å². The largest absolute Gasteiger partial charge is 0.503 e. The molecule has 1 aromatic carbocycles. The lowest BCUT2D eigenvalue weighted by atomic mass is 10.1. The predicted molar refractivity (Wildman–Crippen MR) is 105 cm³/mol. The maximum atomic E-state index is 13.5. The van der Waals surface area contributed by atoms with E-state index < -0.39 is 40.6 Å². The number of aromatic nitrogens is 1. The maximum absolute atomic E-state index is 13.5. The third kappa shape index (κ3) is 4.37. The standard InChI is InChI=1S/C20H22FN3O7/c1-30-6-5-24-15(25)10-23-9-12(17(26)18(27)16(23)20(24)29)19(28)22-8-11-3-4-13(21)14(7-11)31-2/h3-4,7,9,15,25,27H,5-6,8,10H2,1-2H3,(H,22,28). The van der Waals surface area contributed by atoms with Crippen LogP contribution in [0.2, 0.25) is 0 Å². The molecule has 1 unspecified atom stereocenters. The molecule has 1 aliphatic heterocycles. The minimum atomic E-state index is -1.22. The first kappa shape index (κ1) is 22.2. The highest BCUT2D eigenvalue weighted by molar-refractivity contribution is 5.99. The van der Waals surface area contributed by atoms with Crippen molar-refractivity contribution in [1.82, 2.24) is 14.8 Å². The van der Waals surface area contributed by atoms with E-state index >= 15 is 0 Å². The van der Waals surface area contributed by atoms with Crippen molar-refractivity contribution in [2.75, 3.05) is 27.4 Å². The molecule has 3 N–H and O–H groups in total. The summed E-state index contributed by atoms with van der Waals surface area (Å²) in [7, 11) is 2.74. The Bertz CT molecular complexity index is 1070. The van der Waals surface area contributed by atoms with Gasteiger partial charge < -0.3 is 34.5 Å². The number of hydrogen-bond acceptors (Lipinski definition) is 7. The number of rotatable bonds is 7. The fourth-order valence-electron chi connectivity index (χ4n) is 3.26. The minimum Gasteiger partial charge on any atom is -0.503 e. The highest BCUT2D eigenvalue weighted by atomic mass is 19.1. The number of ether oxygens (including phenoxy) is 2. The molecule has 10 nitrogen and oxygen atoms in total. The van der Waals surface area contributed by atoms with Gasteiger partial charge in [0, 0.05) is 26.4 Å². The lowest BCUT2D eigenvalue weighted by Crippen LogP contribution is -2.50. The van der Waals surface area contributed by atoms with E-state index in [-0.39, 0.29) is 37.7 Å². The number of carbonyl (C=O) groups is 2. The van der Waals surface area contributed by atoms with Crippen LogP contribution in [-0.4, -0.2) is 65.1 Å². The van der Waals surface area contributed by atoms with Gasteiger partial charge in [0.1, 0.15) is 11.8 Å². The van der Waals surface area contributed by atoms with E-state index in [1.165, 1.54) is 37.0 Å². The summed E-state index contributed by atoms with van der Waals surface area (Å²) < 4.78 is 24.5. The Morgan fingerprint density at radius 1 is 1.32 bits per heavy atom. The van der Waals surface area contributed by atoms with Gasteiger partial charge in [-0.05, 0) is 17.7 Å². The number of aliphatic hydroxyl groups is 1. The number of aromatic hydroxyl groups is 1. The van der Waals surface area contributed by atoms with E-state index in [2.05, 4.69) is 5.32 Å². The summed E-state index contributed by atoms with van der Waals surface area (Å²) in [6.07, 6.45) is -0.105. The van der Waals surface area contributed by atoms with E-state index in [1.54, 1.807) is 0 Å². The predicted octanol–water partition coefficient (Wildman–Crippen LogP) is 0.0522. The monoisotopic (exact) mass is 435 g/mol. The van der Waals surface area contributed by atoms with Gasteiger partial charge in [-0.2, -0.15) is 0 Å². The number of pyridine rings is 1. The Morgan fingerprint density at radius 2 is 2.06 bits per heavy atom. The Balaban J connectivity index is 1.84. The first-order valence-electron chi connectivity index (χ1n) is 9.33. The van der Waals surface area contributed by atoms with Crippen LogP contribution in [0.1, 0.15) is 26.4 Å². The summed E-state index contributed by atoms with van der Waals surface area (Å²) >= 11 is 0. The van der Waals surface area contributed by atoms with Gasteiger partial charge in [0.25, 0.3) is 11.8 Å². The number of aliphatic hydroxyl groups excluding tert-OH is 1. The third-order valence-electron chi connectivity index (χ3n) is 4.89. The Hall–Kier alpha value is -3.44. The van der Waals surface area contributed by atoms with Crippen molar-refractivity contribution in [3.05, 3.63) is 57.3 Å². The molecule has 31 heavy (non-hydrogen) atoms.